The molecule has 2 rings (SSSR count). The van der Waals surface area contributed by atoms with Crippen LogP contribution in [0.5, 0.6) is 0 Å². The summed E-state index contributed by atoms with van der Waals surface area (Å²) in [5.41, 5.74) is 8.45. The van der Waals surface area contributed by atoms with E-state index in [2.05, 4.69) is 23.0 Å². The Bertz CT molecular complexity index is 298. The van der Waals surface area contributed by atoms with Gasteiger partial charge in [0, 0.05) is 31.5 Å². The van der Waals surface area contributed by atoms with E-state index in [0.29, 0.717) is 12.6 Å². The van der Waals surface area contributed by atoms with Gasteiger partial charge in [-0.2, -0.15) is 0 Å². The fraction of sp³-hybridized carbons (Fsp3) is 0.500. The van der Waals surface area contributed by atoms with Crippen molar-refractivity contribution in [1.29, 1.82) is 0 Å². The van der Waals surface area contributed by atoms with Crippen LogP contribution in [0.2, 0.25) is 0 Å². The number of pyridine rings is 1. The molecule has 3 nitrogen and oxygen atoms in total. The average Bonchev–Trinajstić information content (AvgIpc) is 2.18. The van der Waals surface area contributed by atoms with Gasteiger partial charge in [-0.1, -0.05) is 0 Å². The molecule has 0 fully saturated rings. The summed E-state index contributed by atoms with van der Waals surface area (Å²) < 4.78 is 0. The maximum absolute atomic E-state index is 5.74. The van der Waals surface area contributed by atoms with Crippen LogP contribution >= 0.6 is 0 Å². The highest BCUT2D eigenvalue weighted by atomic mass is 15.1. The zero-order valence-electron chi connectivity index (χ0n) is 7.90. The molecule has 1 aliphatic rings. The van der Waals surface area contributed by atoms with Crippen LogP contribution in [0.15, 0.2) is 18.5 Å². The lowest BCUT2D eigenvalue weighted by Crippen LogP contribution is -2.36. The maximum Gasteiger partial charge on any atom is 0.0485 e. The van der Waals surface area contributed by atoms with Crippen LogP contribution in [0.4, 0.5) is 0 Å². The average molecular weight is 177 g/mol. The summed E-state index contributed by atoms with van der Waals surface area (Å²) in [4.78, 5) is 6.44. The number of fused-ring (bicyclic) bond motifs is 1. The van der Waals surface area contributed by atoms with Crippen LogP contribution in [0.1, 0.15) is 17.2 Å². The molecule has 1 atom stereocenters. The third-order valence-electron chi connectivity index (χ3n) is 2.79. The molecular formula is C10H15N3. The highest BCUT2D eigenvalue weighted by molar-refractivity contribution is 5.29. The van der Waals surface area contributed by atoms with Crippen molar-refractivity contribution in [3.8, 4) is 0 Å². The van der Waals surface area contributed by atoms with Crippen molar-refractivity contribution in [2.45, 2.75) is 12.5 Å². The van der Waals surface area contributed by atoms with E-state index in [1.165, 1.54) is 11.1 Å². The normalized spacial score (nSPS) is 22.8. The van der Waals surface area contributed by atoms with E-state index >= 15 is 0 Å². The van der Waals surface area contributed by atoms with Crippen LogP contribution in [-0.2, 0) is 6.42 Å². The van der Waals surface area contributed by atoms with E-state index in [1.54, 1.807) is 0 Å². The molecular weight excluding hydrogens is 162 g/mol. The van der Waals surface area contributed by atoms with Crippen molar-refractivity contribution in [1.82, 2.24) is 9.88 Å². The molecule has 1 unspecified atom stereocenters. The third-order valence-corrected chi connectivity index (χ3v) is 2.79. The quantitative estimate of drug-likeness (QED) is 0.682. The van der Waals surface area contributed by atoms with Gasteiger partial charge in [0.25, 0.3) is 0 Å². The first-order valence-electron chi connectivity index (χ1n) is 4.66. The van der Waals surface area contributed by atoms with Gasteiger partial charge in [-0.3, -0.25) is 9.88 Å². The van der Waals surface area contributed by atoms with Crippen molar-refractivity contribution in [3.63, 3.8) is 0 Å². The molecule has 70 valence electrons. The molecule has 0 amide bonds. The molecule has 1 aromatic heterocycles. The van der Waals surface area contributed by atoms with Gasteiger partial charge in [0.15, 0.2) is 0 Å². The predicted octanol–water partition coefficient (Wildman–Crippen LogP) is 0.569. The van der Waals surface area contributed by atoms with Gasteiger partial charge >= 0.3 is 0 Å². The summed E-state index contributed by atoms with van der Waals surface area (Å²) in [6, 6.07) is 2.46. The second-order valence-electron chi connectivity index (χ2n) is 3.56. The number of nitrogens with zero attached hydrogens (tertiary/aromatic N) is 2. The number of likely N-dealkylation sites (N-methyl/N-ethyl adjacent to an activating group) is 1. The number of rotatable bonds is 1. The highest BCUT2D eigenvalue weighted by Gasteiger charge is 2.22. The second-order valence-corrected chi connectivity index (χ2v) is 3.56. The van der Waals surface area contributed by atoms with Crippen LogP contribution in [0, 0.1) is 0 Å². The van der Waals surface area contributed by atoms with E-state index in [0.717, 1.165) is 13.0 Å². The van der Waals surface area contributed by atoms with Crippen molar-refractivity contribution < 1.29 is 0 Å². The summed E-state index contributed by atoms with van der Waals surface area (Å²) in [6.45, 7) is 1.77. The first-order chi connectivity index (χ1) is 6.33. The number of nitrogens with two attached hydrogens (primary N) is 1. The Labute approximate surface area is 78.6 Å². The van der Waals surface area contributed by atoms with Crippen molar-refractivity contribution in [2.75, 3.05) is 20.1 Å². The SMILES string of the molecule is CN1CCc2ccncc2C1CN. The first kappa shape index (κ1) is 8.66. The topological polar surface area (TPSA) is 42.2 Å². The standard InChI is InChI=1S/C10H15N3/c1-13-5-3-8-2-4-12-7-9(8)10(13)6-11/h2,4,7,10H,3,5-6,11H2,1H3. The molecule has 1 aromatic rings. The van der Waals surface area contributed by atoms with Gasteiger partial charge in [-0.15, -0.1) is 0 Å². The molecule has 0 bridgehead atoms. The lowest BCUT2D eigenvalue weighted by molar-refractivity contribution is 0.236. The molecule has 0 radical (unpaired) electrons. The number of hydrogen-bond acceptors (Lipinski definition) is 3. The van der Waals surface area contributed by atoms with Crippen LogP contribution in [0.25, 0.3) is 0 Å². The number of hydrogen-bond donors (Lipinski definition) is 1. The van der Waals surface area contributed by atoms with Gasteiger partial charge in [-0.05, 0) is 30.7 Å². The number of aromatic nitrogens is 1. The second kappa shape index (κ2) is 3.44. The zero-order chi connectivity index (χ0) is 9.26. The Hall–Kier alpha value is -0.930. The largest absolute Gasteiger partial charge is 0.329 e. The van der Waals surface area contributed by atoms with Crippen molar-refractivity contribution in [2.24, 2.45) is 5.73 Å². The Kier molecular flexibility index (Phi) is 2.29. The summed E-state index contributed by atoms with van der Waals surface area (Å²) >= 11 is 0. The van der Waals surface area contributed by atoms with Gasteiger partial charge in [0.2, 0.25) is 0 Å². The molecule has 0 saturated carbocycles. The molecule has 13 heavy (non-hydrogen) atoms. The first-order valence-corrected chi connectivity index (χ1v) is 4.66. The van der Waals surface area contributed by atoms with E-state index in [4.69, 9.17) is 5.73 Å². The summed E-state index contributed by atoms with van der Waals surface area (Å²) in [5.74, 6) is 0. The van der Waals surface area contributed by atoms with Gasteiger partial charge in [0.1, 0.15) is 0 Å². The van der Waals surface area contributed by atoms with Crippen LogP contribution < -0.4 is 5.73 Å². The predicted molar refractivity (Wildman–Crippen MR) is 52.4 cm³/mol. The molecule has 1 aliphatic heterocycles. The minimum absolute atomic E-state index is 0.359. The van der Waals surface area contributed by atoms with Gasteiger partial charge < -0.3 is 5.73 Å². The molecule has 2 N–H and O–H groups in total. The molecule has 2 heterocycles. The molecule has 0 aliphatic carbocycles. The summed E-state index contributed by atoms with van der Waals surface area (Å²) in [6.07, 6.45) is 4.92. The lowest BCUT2D eigenvalue weighted by Gasteiger charge is -2.33. The maximum atomic E-state index is 5.74. The van der Waals surface area contributed by atoms with E-state index in [9.17, 15) is 0 Å². The smallest absolute Gasteiger partial charge is 0.0485 e. The van der Waals surface area contributed by atoms with E-state index in [-0.39, 0.29) is 0 Å². The fourth-order valence-electron chi connectivity index (χ4n) is 1.96. The summed E-state index contributed by atoms with van der Waals surface area (Å²) in [5, 5.41) is 0. The van der Waals surface area contributed by atoms with E-state index in [1.807, 2.05) is 12.4 Å². The molecule has 0 aromatic carbocycles. The monoisotopic (exact) mass is 177 g/mol. The van der Waals surface area contributed by atoms with Gasteiger partial charge in [-0.25, -0.2) is 0 Å². The minimum atomic E-state index is 0.359. The lowest BCUT2D eigenvalue weighted by atomic mass is 9.95. The Morgan fingerprint density at radius 1 is 1.69 bits per heavy atom. The fourth-order valence-corrected chi connectivity index (χ4v) is 1.96. The molecule has 0 saturated heterocycles. The zero-order valence-corrected chi connectivity index (χ0v) is 7.90. The van der Waals surface area contributed by atoms with E-state index < -0.39 is 0 Å². The van der Waals surface area contributed by atoms with Crippen LogP contribution in [-0.4, -0.2) is 30.0 Å². The Morgan fingerprint density at radius 2 is 2.54 bits per heavy atom. The van der Waals surface area contributed by atoms with Crippen molar-refractivity contribution in [3.05, 3.63) is 29.6 Å². The Balaban J connectivity index is 2.39. The van der Waals surface area contributed by atoms with Gasteiger partial charge in [0.05, 0.1) is 0 Å². The third kappa shape index (κ3) is 1.45. The van der Waals surface area contributed by atoms with Crippen LogP contribution in [0.3, 0.4) is 0 Å². The Morgan fingerprint density at radius 3 is 3.31 bits per heavy atom. The summed E-state index contributed by atoms with van der Waals surface area (Å²) in [7, 11) is 2.12. The minimum Gasteiger partial charge on any atom is -0.329 e. The molecule has 3 heteroatoms. The highest BCUT2D eigenvalue weighted by Crippen LogP contribution is 2.26. The molecule has 0 spiro atoms. The van der Waals surface area contributed by atoms with Crippen molar-refractivity contribution >= 4 is 0 Å².